The predicted octanol–water partition coefficient (Wildman–Crippen LogP) is -1.88. The first-order chi connectivity index (χ1) is 4.54. The second kappa shape index (κ2) is 12.1. The molecule has 0 rings (SSSR count). The van der Waals surface area contributed by atoms with Crippen molar-refractivity contribution in [2.45, 2.75) is 0 Å². The number of carboxylic acid groups (broad SMARTS) is 2. The molecule has 0 atom stereocenters. The van der Waals surface area contributed by atoms with Crippen LogP contribution in [0.3, 0.4) is 0 Å². The first kappa shape index (κ1) is 16.8. The maximum atomic E-state index is 9.12. The molecule has 0 saturated carbocycles. The van der Waals surface area contributed by atoms with Gasteiger partial charge < -0.3 is 20.4 Å². The van der Waals surface area contributed by atoms with Gasteiger partial charge in [0.1, 0.15) is 13.2 Å². The smallest absolute Gasteiger partial charge is 0.329 e. The van der Waals surface area contributed by atoms with Gasteiger partial charge in [-0.3, -0.25) is 0 Å². The second-order valence-corrected chi connectivity index (χ2v) is 1.10. The maximum Gasteiger partial charge on any atom is 0.329 e. The molecule has 0 aromatic carbocycles. The van der Waals surface area contributed by atoms with E-state index in [0.29, 0.717) is 0 Å². The van der Waals surface area contributed by atoms with Crippen molar-refractivity contribution in [2.75, 3.05) is 13.2 Å². The van der Waals surface area contributed by atoms with Crippen LogP contribution < -0.4 is 0 Å². The molecule has 0 amide bonds. The van der Waals surface area contributed by atoms with E-state index in [-0.39, 0.29) is 17.1 Å². The van der Waals surface area contributed by atoms with Crippen LogP contribution in [0.15, 0.2) is 0 Å². The van der Waals surface area contributed by atoms with Crippen LogP contribution in [-0.2, 0) is 26.7 Å². The standard InChI is InChI=1S/2C2H4O3.Fe/c2*3-1-2(4)5;/h2*3H,1H2,(H,4,5);. The van der Waals surface area contributed by atoms with E-state index in [1.54, 1.807) is 0 Å². The van der Waals surface area contributed by atoms with Gasteiger partial charge in [-0.2, -0.15) is 0 Å². The van der Waals surface area contributed by atoms with E-state index in [9.17, 15) is 0 Å². The number of hydrogen-bond acceptors (Lipinski definition) is 4. The summed E-state index contributed by atoms with van der Waals surface area (Å²) in [5.74, 6) is -2.38. The molecular weight excluding hydrogens is 200 g/mol. The number of hydrogen-bond donors (Lipinski definition) is 4. The Balaban J connectivity index is -0.000000107. The summed E-state index contributed by atoms with van der Waals surface area (Å²) in [6.07, 6.45) is 0. The fraction of sp³-hybridized carbons (Fsp3) is 0.500. The Bertz CT molecular complexity index is 99.1. The number of aliphatic hydroxyl groups is 2. The molecular formula is C4H8FeO6. The maximum absolute atomic E-state index is 9.12. The number of aliphatic hydroxyl groups excluding tert-OH is 2. The van der Waals surface area contributed by atoms with E-state index in [4.69, 9.17) is 30.0 Å². The average molecular weight is 208 g/mol. The average Bonchev–Trinajstić information content (AvgIpc) is 1.89. The minimum Gasteiger partial charge on any atom is -0.480 e. The van der Waals surface area contributed by atoms with E-state index >= 15 is 0 Å². The zero-order valence-electron chi connectivity index (χ0n) is 5.37. The Kier molecular flexibility index (Phi) is 18.4. The Hall–Kier alpha value is -0.621. The SMILES string of the molecule is O=C(O)CO.O=C(O)CO.[Fe]. The summed E-state index contributed by atoms with van der Waals surface area (Å²) in [5, 5.41) is 30.0. The molecule has 0 aliphatic carbocycles. The van der Waals surface area contributed by atoms with Crippen LogP contribution in [-0.4, -0.2) is 45.6 Å². The Morgan fingerprint density at radius 1 is 0.909 bits per heavy atom. The molecule has 4 N–H and O–H groups in total. The largest absolute Gasteiger partial charge is 0.480 e. The minimum absolute atomic E-state index is 0. The summed E-state index contributed by atoms with van der Waals surface area (Å²) < 4.78 is 0. The van der Waals surface area contributed by atoms with E-state index in [2.05, 4.69) is 0 Å². The van der Waals surface area contributed by atoms with Gasteiger partial charge in [0.15, 0.2) is 0 Å². The second-order valence-electron chi connectivity index (χ2n) is 1.10. The van der Waals surface area contributed by atoms with E-state index in [1.807, 2.05) is 0 Å². The summed E-state index contributed by atoms with van der Waals surface area (Å²) in [4.78, 5) is 18.2. The normalized spacial score (nSPS) is 6.73. The van der Waals surface area contributed by atoms with Crippen LogP contribution in [0.2, 0.25) is 0 Å². The topological polar surface area (TPSA) is 115 Å². The molecule has 68 valence electrons. The van der Waals surface area contributed by atoms with E-state index in [1.165, 1.54) is 0 Å². The molecule has 0 aliphatic heterocycles. The molecule has 0 fully saturated rings. The Morgan fingerprint density at radius 3 is 1.00 bits per heavy atom. The Labute approximate surface area is 72.9 Å². The van der Waals surface area contributed by atoms with Gasteiger partial charge in [0, 0.05) is 17.1 Å². The Morgan fingerprint density at radius 2 is 1.00 bits per heavy atom. The molecule has 0 aliphatic rings. The third kappa shape index (κ3) is 44.7. The zero-order chi connectivity index (χ0) is 8.57. The quantitative estimate of drug-likeness (QED) is 0.395. The molecule has 0 aromatic heterocycles. The van der Waals surface area contributed by atoms with E-state index < -0.39 is 25.2 Å². The molecule has 0 bridgehead atoms. The third-order valence-corrected chi connectivity index (χ3v) is 0.271. The molecule has 0 saturated heterocycles. The molecule has 0 unspecified atom stereocenters. The predicted molar refractivity (Wildman–Crippen MR) is 29.4 cm³/mol. The molecule has 0 heterocycles. The molecule has 11 heavy (non-hydrogen) atoms. The molecule has 0 spiro atoms. The van der Waals surface area contributed by atoms with Crippen molar-refractivity contribution < 1.29 is 47.1 Å². The summed E-state index contributed by atoms with van der Waals surface area (Å²) in [6.45, 7) is -1.56. The number of carboxylic acids is 2. The van der Waals surface area contributed by atoms with Crippen LogP contribution in [0.4, 0.5) is 0 Å². The minimum atomic E-state index is -1.19. The van der Waals surface area contributed by atoms with Crippen molar-refractivity contribution in [3.63, 3.8) is 0 Å². The third-order valence-electron chi connectivity index (χ3n) is 0.271. The van der Waals surface area contributed by atoms with Crippen LogP contribution in [0.1, 0.15) is 0 Å². The van der Waals surface area contributed by atoms with Crippen molar-refractivity contribution in [3.05, 3.63) is 0 Å². The molecule has 6 nitrogen and oxygen atoms in total. The van der Waals surface area contributed by atoms with Crippen LogP contribution in [0.25, 0.3) is 0 Å². The van der Waals surface area contributed by atoms with Crippen molar-refractivity contribution in [3.8, 4) is 0 Å². The van der Waals surface area contributed by atoms with Gasteiger partial charge >= 0.3 is 11.9 Å². The van der Waals surface area contributed by atoms with Crippen LogP contribution >= 0.6 is 0 Å². The zero-order valence-corrected chi connectivity index (χ0v) is 6.48. The van der Waals surface area contributed by atoms with Gasteiger partial charge in [-0.1, -0.05) is 0 Å². The van der Waals surface area contributed by atoms with Gasteiger partial charge in [-0.25, -0.2) is 9.59 Å². The van der Waals surface area contributed by atoms with E-state index in [0.717, 1.165) is 0 Å². The van der Waals surface area contributed by atoms with Gasteiger partial charge in [-0.15, -0.1) is 0 Å². The van der Waals surface area contributed by atoms with Crippen molar-refractivity contribution in [1.82, 2.24) is 0 Å². The summed E-state index contributed by atoms with van der Waals surface area (Å²) >= 11 is 0. The van der Waals surface area contributed by atoms with Gasteiger partial charge in [-0.05, 0) is 0 Å². The van der Waals surface area contributed by atoms with Gasteiger partial charge in [0.05, 0.1) is 0 Å². The van der Waals surface area contributed by atoms with Crippen LogP contribution in [0, 0.1) is 0 Å². The first-order valence-electron chi connectivity index (χ1n) is 2.20. The fourth-order valence-corrected chi connectivity index (χ4v) is 0. The summed E-state index contributed by atoms with van der Waals surface area (Å²) in [7, 11) is 0. The number of aliphatic carboxylic acids is 2. The summed E-state index contributed by atoms with van der Waals surface area (Å²) in [6, 6.07) is 0. The van der Waals surface area contributed by atoms with Crippen LogP contribution in [0.5, 0.6) is 0 Å². The molecule has 0 radical (unpaired) electrons. The molecule has 7 heteroatoms. The van der Waals surface area contributed by atoms with Gasteiger partial charge in [0.25, 0.3) is 0 Å². The number of carbonyl (C=O) groups is 2. The first-order valence-corrected chi connectivity index (χ1v) is 2.20. The van der Waals surface area contributed by atoms with Crippen molar-refractivity contribution in [2.24, 2.45) is 0 Å². The van der Waals surface area contributed by atoms with Crippen molar-refractivity contribution in [1.29, 1.82) is 0 Å². The molecule has 0 aromatic rings. The van der Waals surface area contributed by atoms with Crippen molar-refractivity contribution >= 4 is 11.9 Å². The summed E-state index contributed by atoms with van der Waals surface area (Å²) in [5.41, 5.74) is 0. The monoisotopic (exact) mass is 208 g/mol. The van der Waals surface area contributed by atoms with Gasteiger partial charge in [0.2, 0.25) is 0 Å². The number of rotatable bonds is 2. The fourth-order valence-electron chi connectivity index (χ4n) is 0.